The van der Waals surface area contributed by atoms with Gasteiger partial charge in [0.1, 0.15) is 0 Å². The molecule has 4 amide bonds. The van der Waals surface area contributed by atoms with Gasteiger partial charge in [-0.1, -0.05) is 24.3 Å². The lowest BCUT2D eigenvalue weighted by Gasteiger charge is -2.13. The van der Waals surface area contributed by atoms with Gasteiger partial charge in [-0.25, -0.2) is 4.79 Å². The zero-order valence-electron chi connectivity index (χ0n) is 14.3. The van der Waals surface area contributed by atoms with Crippen LogP contribution in [0.3, 0.4) is 0 Å². The molecule has 0 bridgehead atoms. The number of benzene rings is 2. The lowest BCUT2D eigenvalue weighted by molar-refractivity contribution is -0.125. The van der Waals surface area contributed by atoms with Crippen LogP contribution in [-0.4, -0.2) is 35.5 Å². The van der Waals surface area contributed by atoms with Crippen LogP contribution >= 0.6 is 11.8 Å². The van der Waals surface area contributed by atoms with E-state index in [9.17, 15) is 14.4 Å². The molecule has 3 rings (SSSR count). The Kier molecular flexibility index (Phi) is 5.58. The van der Waals surface area contributed by atoms with E-state index in [0.29, 0.717) is 11.3 Å². The quantitative estimate of drug-likeness (QED) is 0.768. The Labute approximate surface area is 156 Å². The Morgan fingerprint density at radius 1 is 1.15 bits per heavy atom. The number of hydrogen-bond donors (Lipinski definition) is 2. The Hall–Kier alpha value is -2.80. The van der Waals surface area contributed by atoms with Crippen molar-refractivity contribution in [3.63, 3.8) is 0 Å². The summed E-state index contributed by atoms with van der Waals surface area (Å²) < 4.78 is 0. The van der Waals surface area contributed by atoms with Gasteiger partial charge in [0.15, 0.2) is 0 Å². The van der Waals surface area contributed by atoms with Gasteiger partial charge in [-0.05, 0) is 41.6 Å². The van der Waals surface area contributed by atoms with Crippen LogP contribution in [0.2, 0.25) is 0 Å². The first-order valence-corrected chi connectivity index (χ1v) is 9.52. The van der Waals surface area contributed by atoms with Gasteiger partial charge in [-0.2, -0.15) is 11.8 Å². The van der Waals surface area contributed by atoms with Crippen molar-refractivity contribution in [1.82, 2.24) is 10.2 Å². The van der Waals surface area contributed by atoms with Crippen molar-refractivity contribution in [2.45, 2.75) is 12.3 Å². The number of urea groups is 1. The number of nitrogens with zero attached hydrogens (tertiary/aromatic N) is 1. The van der Waals surface area contributed by atoms with E-state index in [1.165, 1.54) is 5.56 Å². The van der Waals surface area contributed by atoms with E-state index >= 15 is 0 Å². The summed E-state index contributed by atoms with van der Waals surface area (Å²) in [5.41, 5.74) is 3.13. The third-order valence-electron chi connectivity index (χ3n) is 3.99. The van der Waals surface area contributed by atoms with Crippen molar-refractivity contribution in [1.29, 1.82) is 0 Å². The molecular weight excluding hydrogens is 350 g/mol. The van der Waals surface area contributed by atoms with E-state index in [4.69, 9.17) is 0 Å². The predicted octanol–water partition coefficient (Wildman–Crippen LogP) is 2.85. The van der Waals surface area contributed by atoms with Gasteiger partial charge in [-0.3, -0.25) is 14.5 Å². The molecule has 0 aliphatic carbocycles. The summed E-state index contributed by atoms with van der Waals surface area (Å²) in [6, 6.07) is 14.2. The third kappa shape index (κ3) is 4.23. The van der Waals surface area contributed by atoms with E-state index in [-0.39, 0.29) is 24.9 Å². The number of rotatable bonds is 6. The van der Waals surface area contributed by atoms with Gasteiger partial charge in [-0.15, -0.1) is 0 Å². The highest BCUT2D eigenvalue weighted by Crippen LogP contribution is 2.16. The maximum absolute atomic E-state index is 12.4. The van der Waals surface area contributed by atoms with Crippen LogP contribution in [0.4, 0.5) is 10.5 Å². The van der Waals surface area contributed by atoms with E-state index in [0.717, 1.165) is 16.2 Å². The van der Waals surface area contributed by atoms with Crippen LogP contribution in [0.5, 0.6) is 0 Å². The topological polar surface area (TPSA) is 78.5 Å². The smallest absolute Gasteiger partial charge is 0.324 e. The molecule has 2 aromatic rings. The van der Waals surface area contributed by atoms with Gasteiger partial charge in [0.25, 0.3) is 5.91 Å². The third-order valence-corrected chi connectivity index (χ3v) is 4.61. The highest BCUT2D eigenvalue weighted by atomic mass is 32.2. The lowest BCUT2D eigenvalue weighted by atomic mass is 10.1. The molecule has 1 heterocycles. The van der Waals surface area contributed by atoms with Crippen LogP contribution in [0.15, 0.2) is 48.5 Å². The average molecular weight is 369 g/mol. The first-order valence-electron chi connectivity index (χ1n) is 8.13. The fraction of sp³-hybridized carbons (Fsp3) is 0.211. The molecule has 0 unspecified atom stereocenters. The van der Waals surface area contributed by atoms with Gasteiger partial charge < -0.3 is 10.6 Å². The Morgan fingerprint density at radius 2 is 1.92 bits per heavy atom. The molecule has 134 valence electrons. The SMILES string of the molecule is CSCc1ccc(C(=O)Nc2cccc(CN3C(=O)CNC3=O)c2)cc1. The second-order valence-electron chi connectivity index (χ2n) is 5.92. The van der Waals surface area contributed by atoms with E-state index in [2.05, 4.69) is 10.6 Å². The first-order chi connectivity index (χ1) is 12.6. The van der Waals surface area contributed by atoms with Crippen molar-refractivity contribution < 1.29 is 14.4 Å². The Bertz CT molecular complexity index is 820. The monoisotopic (exact) mass is 369 g/mol. The molecule has 0 radical (unpaired) electrons. The normalized spacial score (nSPS) is 13.7. The number of anilines is 1. The predicted molar refractivity (Wildman–Crippen MR) is 102 cm³/mol. The van der Waals surface area contributed by atoms with Gasteiger partial charge in [0.05, 0.1) is 13.1 Å². The molecule has 0 atom stereocenters. The molecule has 2 aromatic carbocycles. The van der Waals surface area contributed by atoms with Crippen LogP contribution in [-0.2, 0) is 17.1 Å². The molecule has 1 aliphatic heterocycles. The maximum Gasteiger partial charge on any atom is 0.324 e. The molecule has 1 saturated heterocycles. The van der Waals surface area contributed by atoms with Crippen LogP contribution < -0.4 is 10.6 Å². The summed E-state index contributed by atoms with van der Waals surface area (Å²) in [6.07, 6.45) is 2.03. The molecule has 0 spiro atoms. The largest absolute Gasteiger partial charge is 0.329 e. The minimum Gasteiger partial charge on any atom is -0.329 e. The summed E-state index contributed by atoms with van der Waals surface area (Å²) in [6.45, 7) is 0.208. The van der Waals surface area contributed by atoms with Crippen molar-refractivity contribution in [2.24, 2.45) is 0 Å². The fourth-order valence-electron chi connectivity index (χ4n) is 2.67. The molecule has 0 saturated carbocycles. The van der Waals surface area contributed by atoms with Crippen molar-refractivity contribution in [3.05, 3.63) is 65.2 Å². The molecule has 1 fully saturated rings. The molecule has 7 heteroatoms. The number of imide groups is 1. The molecule has 6 nitrogen and oxygen atoms in total. The number of carbonyl (C=O) groups is 3. The number of amides is 4. The van der Waals surface area contributed by atoms with E-state index in [1.54, 1.807) is 42.1 Å². The number of thioether (sulfide) groups is 1. The minimum atomic E-state index is -0.394. The summed E-state index contributed by atoms with van der Waals surface area (Å²) in [4.78, 5) is 36.9. The minimum absolute atomic E-state index is 0.0296. The standard InChI is InChI=1S/C19H19N3O3S/c1-26-12-13-5-7-15(8-6-13)18(24)21-16-4-2-3-14(9-16)11-22-17(23)10-20-19(22)25/h2-9H,10-12H2,1H3,(H,20,25)(H,21,24). The van der Waals surface area contributed by atoms with E-state index in [1.807, 2.05) is 24.5 Å². The van der Waals surface area contributed by atoms with Crippen molar-refractivity contribution in [3.8, 4) is 0 Å². The summed E-state index contributed by atoms with van der Waals surface area (Å²) in [5.74, 6) is 0.454. The second kappa shape index (κ2) is 8.05. The van der Waals surface area contributed by atoms with Crippen molar-refractivity contribution >= 4 is 35.3 Å². The molecule has 26 heavy (non-hydrogen) atoms. The molecule has 2 N–H and O–H groups in total. The number of hydrogen-bond acceptors (Lipinski definition) is 4. The van der Waals surface area contributed by atoms with Crippen LogP contribution in [0, 0.1) is 0 Å². The first kappa shape index (κ1) is 18.0. The fourth-order valence-corrected chi connectivity index (χ4v) is 3.19. The number of carbonyl (C=O) groups excluding carboxylic acids is 3. The summed E-state index contributed by atoms with van der Waals surface area (Å²) >= 11 is 1.73. The zero-order chi connectivity index (χ0) is 18.5. The lowest BCUT2D eigenvalue weighted by Crippen LogP contribution is -2.30. The summed E-state index contributed by atoms with van der Waals surface area (Å²) in [5, 5.41) is 5.34. The van der Waals surface area contributed by atoms with Crippen molar-refractivity contribution in [2.75, 3.05) is 18.1 Å². The average Bonchev–Trinajstić information content (AvgIpc) is 2.95. The summed E-state index contributed by atoms with van der Waals surface area (Å²) in [7, 11) is 0. The Morgan fingerprint density at radius 3 is 2.58 bits per heavy atom. The second-order valence-corrected chi connectivity index (χ2v) is 6.79. The van der Waals surface area contributed by atoms with Crippen LogP contribution in [0.1, 0.15) is 21.5 Å². The van der Waals surface area contributed by atoms with Crippen LogP contribution in [0.25, 0.3) is 0 Å². The van der Waals surface area contributed by atoms with Gasteiger partial charge in [0, 0.05) is 17.0 Å². The van der Waals surface area contributed by atoms with Gasteiger partial charge in [0.2, 0.25) is 5.91 Å². The molecular formula is C19H19N3O3S. The van der Waals surface area contributed by atoms with E-state index < -0.39 is 6.03 Å². The van der Waals surface area contributed by atoms with Gasteiger partial charge >= 0.3 is 6.03 Å². The maximum atomic E-state index is 12.4. The molecule has 0 aromatic heterocycles. The zero-order valence-corrected chi connectivity index (χ0v) is 15.1. The highest BCUT2D eigenvalue weighted by Gasteiger charge is 2.28. The highest BCUT2D eigenvalue weighted by molar-refractivity contribution is 7.97. The number of nitrogens with one attached hydrogen (secondary N) is 2. The molecule has 1 aliphatic rings. The Balaban J connectivity index is 1.67.